The maximum Gasteiger partial charge on any atom is 0.263 e. The Morgan fingerprint density at radius 1 is 1.03 bits per heavy atom. The summed E-state index contributed by atoms with van der Waals surface area (Å²) < 4.78 is 1.30. The fourth-order valence-corrected chi connectivity index (χ4v) is 4.54. The van der Waals surface area contributed by atoms with Gasteiger partial charge in [0.05, 0.1) is 11.7 Å². The van der Waals surface area contributed by atoms with Crippen LogP contribution < -0.4 is 16.2 Å². The number of aromatic nitrogens is 2. The first-order chi connectivity index (χ1) is 15.3. The van der Waals surface area contributed by atoms with Crippen LogP contribution in [0.5, 0.6) is 0 Å². The number of carbonyl (C=O) groups excluding carboxylic acids is 2. The zero-order valence-corrected chi connectivity index (χ0v) is 18.9. The van der Waals surface area contributed by atoms with Gasteiger partial charge in [0.2, 0.25) is 11.8 Å². The summed E-state index contributed by atoms with van der Waals surface area (Å²) in [6, 6.07) is 14.0. The van der Waals surface area contributed by atoms with Crippen LogP contribution in [-0.2, 0) is 16.1 Å². The van der Waals surface area contributed by atoms with Gasteiger partial charge in [-0.15, -0.1) is 11.3 Å². The van der Waals surface area contributed by atoms with Gasteiger partial charge in [-0.2, -0.15) is 0 Å². The average molecular weight is 467 g/mol. The topological polar surface area (TPSA) is 93.1 Å². The number of nitrogens with one attached hydrogen (secondary N) is 2. The van der Waals surface area contributed by atoms with E-state index in [0.29, 0.717) is 26.6 Å². The summed E-state index contributed by atoms with van der Waals surface area (Å²) in [4.78, 5) is 42.9. The summed E-state index contributed by atoms with van der Waals surface area (Å²) in [7, 11) is 0. The average Bonchev–Trinajstić information content (AvgIpc) is 3.08. The monoisotopic (exact) mass is 466 g/mol. The third-order valence-electron chi connectivity index (χ3n) is 4.79. The molecule has 0 saturated carbocycles. The summed E-state index contributed by atoms with van der Waals surface area (Å²) in [5, 5.41) is 6.52. The van der Waals surface area contributed by atoms with Crippen LogP contribution in [0.3, 0.4) is 0 Å². The molecule has 0 aliphatic rings. The molecular weight excluding hydrogens is 448 g/mol. The van der Waals surface area contributed by atoms with Gasteiger partial charge in [-0.25, -0.2) is 4.98 Å². The lowest BCUT2D eigenvalue weighted by Crippen LogP contribution is -2.27. The second-order valence-corrected chi connectivity index (χ2v) is 8.84. The molecule has 0 aliphatic heterocycles. The molecule has 2 heterocycles. The summed E-state index contributed by atoms with van der Waals surface area (Å²) in [5.41, 5.74) is 2.59. The number of hydrogen-bond acceptors (Lipinski definition) is 5. The van der Waals surface area contributed by atoms with Crippen molar-refractivity contribution in [3.8, 4) is 11.1 Å². The molecular formula is C23H19ClN4O3S. The van der Waals surface area contributed by atoms with E-state index in [1.807, 2.05) is 19.1 Å². The van der Waals surface area contributed by atoms with Gasteiger partial charge in [0, 0.05) is 33.8 Å². The SMILES string of the molecule is CC(=O)Nc1ccc(NC(=O)Cn2cnc3sc(C)c(-c4ccc(Cl)cc4)c3c2=O)cc1. The number of carbonyl (C=O) groups is 2. The highest BCUT2D eigenvalue weighted by Crippen LogP contribution is 2.35. The van der Waals surface area contributed by atoms with Crippen LogP contribution in [0.4, 0.5) is 11.4 Å². The number of amides is 2. The lowest BCUT2D eigenvalue weighted by Gasteiger charge is -2.09. The van der Waals surface area contributed by atoms with Crippen LogP contribution in [0.1, 0.15) is 11.8 Å². The van der Waals surface area contributed by atoms with Crippen molar-refractivity contribution >= 4 is 56.3 Å². The molecule has 7 nitrogen and oxygen atoms in total. The minimum atomic E-state index is -0.361. The largest absolute Gasteiger partial charge is 0.326 e. The highest BCUT2D eigenvalue weighted by molar-refractivity contribution is 7.19. The first-order valence-corrected chi connectivity index (χ1v) is 10.9. The van der Waals surface area contributed by atoms with E-state index in [4.69, 9.17) is 11.6 Å². The van der Waals surface area contributed by atoms with E-state index < -0.39 is 0 Å². The Labute approximate surface area is 192 Å². The van der Waals surface area contributed by atoms with E-state index >= 15 is 0 Å². The first kappa shape index (κ1) is 21.7. The van der Waals surface area contributed by atoms with Crippen LogP contribution in [0.2, 0.25) is 5.02 Å². The first-order valence-electron chi connectivity index (χ1n) is 9.74. The molecule has 162 valence electrons. The maximum atomic E-state index is 13.2. The van der Waals surface area contributed by atoms with Gasteiger partial charge in [-0.3, -0.25) is 19.0 Å². The quantitative estimate of drug-likeness (QED) is 0.446. The van der Waals surface area contributed by atoms with Crippen molar-refractivity contribution in [1.29, 1.82) is 0 Å². The molecule has 0 radical (unpaired) electrons. The van der Waals surface area contributed by atoms with E-state index in [0.717, 1.165) is 16.0 Å². The predicted octanol–water partition coefficient (Wildman–Crippen LogP) is 4.68. The van der Waals surface area contributed by atoms with Crippen LogP contribution in [0.25, 0.3) is 21.3 Å². The molecule has 0 bridgehead atoms. The third-order valence-corrected chi connectivity index (χ3v) is 6.06. The number of thiophene rings is 1. The van der Waals surface area contributed by atoms with Gasteiger partial charge in [0.1, 0.15) is 11.4 Å². The summed E-state index contributed by atoms with van der Waals surface area (Å²) in [6.45, 7) is 3.19. The van der Waals surface area contributed by atoms with Crippen molar-refractivity contribution in [1.82, 2.24) is 9.55 Å². The molecule has 2 N–H and O–H groups in total. The van der Waals surface area contributed by atoms with Gasteiger partial charge in [-0.1, -0.05) is 23.7 Å². The Morgan fingerprint density at radius 3 is 2.28 bits per heavy atom. The number of hydrogen-bond donors (Lipinski definition) is 2. The molecule has 0 fully saturated rings. The van der Waals surface area contributed by atoms with Crippen LogP contribution in [0.15, 0.2) is 59.7 Å². The molecule has 0 spiro atoms. The van der Waals surface area contributed by atoms with E-state index in [9.17, 15) is 14.4 Å². The van der Waals surface area contributed by atoms with Crippen molar-refractivity contribution in [2.24, 2.45) is 0 Å². The van der Waals surface area contributed by atoms with Crippen molar-refractivity contribution in [2.45, 2.75) is 20.4 Å². The molecule has 4 rings (SSSR count). The predicted molar refractivity (Wildman–Crippen MR) is 128 cm³/mol. The number of aryl methyl sites for hydroxylation is 1. The van der Waals surface area contributed by atoms with Gasteiger partial charge >= 0.3 is 0 Å². The Kier molecular flexibility index (Phi) is 6.07. The highest BCUT2D eigenvalue weighted by Gasteiger charge is 2.18. The standard InChI is InChI=1S/C23H19ClN4O3S/c1-13-20(15-3-5-16(24)6-4-15)21-22(32-13)25-12-28(23(21)31)11-19(30)27-18-9-7-17(8-10-18)26-14(2)29/h3-10,12H,11H2,1-2H3,(H,26,29)(H,27,30). The van der Waals surface area contributed by atoms with Crippen molar-refractivity contribution in [3.63, 3.8) is 0 Å². The summed E-state index contributed by atoms with van der Waals surface area (Å²) in [6.07, 6.45) is 1.39. The molecule has 4 aromatic rings. The molecule has 32 heavy (non-hydrogen) atoms. The molecule has 0 saturated heterocycles. The van der Waals surface area contributed by atoms with Crippen LogP contribution in [0, 0.1) is 6.92 Å². The molecule has 2 aromatic carbocycles. The zero-order valence-electron chi connectivity index (χ0n) is 17.3. The minimum absolute atomic E-state index is 0.175. The molecule has 0 aliphatic carbocycles. The van der Waals surface area contributed by atoms with Gasteiger partial charge in [-0.05, 0) is 48.9 Å². The van der Waals surface area contributed by atoms with E-state index in [1.54, 1.807) is 36.4 Å². The molecule has 0 atom stereocenters. The van der Waals surface area contributed by atoms with Gasteiger partial charge in [0.15, 0.2) is 0 Å². The Bertz CT molecular complexity index is 1380. The smallest absolute Gasteiger partial charge is 0.263 e. The lowest BCUT2D eigenvalue weighted by molar-refractivity contribution is -0.117. The molecule has 0 unspecified atom stereocenters. The van der Waals surface area contributed by atoms with Crippen molar-refractivity contribution in [3.05, 3.63) is 75.1 Å². The Morgan fingerprint density at radius 2 is 1.66 bits per heavy atom. The number of halogens is 1. The molecule has 2 aromatic heterocycles. The van der Waals surface area contributed by atoms with Crippen LogP contribution >= 0.6 is 22.9 Å². The van der Waals surface area contributed by atoms with Gasteiger partial charge in [0.25, 0.3) is 5.56 Å². The van der Waals surface area contributed by atoms with E-state index in [2.05, 4.69) is 15.6 Å². The number of rotatable bonds is 5. The summed E-state index contributed by atoms with van der Waals surface area (Å²) >= 11 is 7.44. The number of nitrogens with zero attached hydrogens (tertiary/aromatic N) is 2. The Balaban J connectivity index is 1.59. The second-order valence-electron chi connectivity index (χ2n) is 7.20. The number of benzene rings is 2. The highest BCUT2D eigenvalue weighted by atomic mass is 35.5. The van der Waals surface area contributed by atoms with Crippen molar-refractivity contribution < 1.29 is 9.59 Å². The Hall–Kier alpha value is -3.49. The fourth-order valence-electron chi connectivity index (χ4n) is 3.41. The van der Waals surface area contributed by atoms with E-state index in [1.165, 1.54) is 29.2 Å². The maximum absolute atomic E-state index is 13.2. The van der Waals surface area contributed by atoms with Gasteiger partial charge < -0.3 is 10.6 Å². The van der Waals surface area contributed by atoms with Crippen molar-refractivity contribution in [2.75, 3.05) is 10.6 Å². The third kappa shape index (κ3) is 4.56. The summed E-state index contributed by atoms with van der Waals surface area (Å²) in [5.74, 6) is -0.536. The minimum Gasteiger partial charge on any atom is -0.326 e. The molecule has 9 heteroatoms. The normalized spacial score (nSPS) is 10.8. The lowest BCUT2D eigenvalue weighted by atomic mass is 10.0. The van der Waals surface area contributed by atoms with E-state index in [-0.39, 0.29) is 23.9 Å². The second kappa shape index (κ2) is 8.94. The number of fused-ring (bicyclic) bond motifs is 1. The molecule has 2 amide bonds. The fraction of sp³-hybridized carbons (Fsp3) is 0.130. The zero-order chi connectivity index (χ0) is 22.8. The van der Waals surface area contributed by atoms with Crippen LogP contribution in [-0.4, -0.2) is 21.4 Å². The number of anilines is 2.